The molecule has 1 aliphatic heterocycles. The summed E-state index contributed by atoms with van der Waals surface area (Å²) in [4.78, 5) is 11.0. The van der Waals surface area contributed by atoms with Crippen LogP contribution in [0.4, 0.5) is 0 Å². The second kappa shape index (κ2) is 4.06. The number of thioether (sulfide) groups is 1. The SMILES string of the molecule is CC(=O)C1CSC(CO)N1I. The van der Waals surface area contributed by atoms with Gasteiger partial charge in [0, 0.05) is 28.6 Å². The number of Topliss-reactive ketones (excluding diaryl/α,β-unsaturated/α-hetero) is 1. The van der Waals surface area contributed by atoms with E-state index >= 15 is 0 Å². The third-order valence-corrected chi connectivity index (χ3v) is 4.64. The van der Waals surface area contributed by atoms with Gasteiger partial charge in [-0.15, -0.1) is 11.8 Å². The zero-order chi connectivity index (χ0) is 8.43. The van der Waals surface area contributed by atoms with Crippen LogP contribution in [0.3, 0.4) is 0 Å². The number of nitrogens with zero attached hydrogens (tertiary/aromatic N) is 1. The molecule has 0 aromatic carbocycles. The van der Waals surface area contributed by atoms with Gasteiger partial charge in [0.15, 0.2) is 0 Å². The number of hydrogen-bond donors (Lipinski definition) is 1. The molecule has 0 amide bonds. The summed E-state index contributed by atoms with van der Waals surface area (Å²) in [6.45, 7) is 1.72. The van der Waals surface area contributed by atoms with Crippen LogP contribution >= 0.6 is 34.6 Å². The molecule has 5 heteroatoms. The van der Waals surface area contributed by atoms with Crippen molar-refractivity contribution >= 4 is 40.4 Å². The lowest BCUT2D eigenvalue weighted by atomic mass is 10.2. The Bertz CT molecular complexity index is 167. The highest BCUT2D eigenvalue weighted by molar-refractivity contribution is 14.1. The minimum absolute atomic E-state index is 0.00208. The molecule has 0 radical (unpaired) electrons. The molecule has 0 bridgehead atoms. The fourth-order valence-electron chi connectivity index (χ4n) is 0.967. The van der Waals surface area contributed by atoms with Crippen molar-refractivity contribution in [1.29, 1.82) is 0 Å². The van der Waals surface area contributed by atoms with Crippen LogP contribution < -0.4 is 0 Å². The molecule has 3 nitrogen and oxygen atoms in total. The molecule has 11 heavy (non-hydrogen) atoms. The van der Waals surface area contributed by atoms with Gasteiger partial charge in [0.2, 0.25) is 0 Å². The van der Waals surface area contributed by atoms with Crippen molar-refractivity contribution in [2.45, 2.75) is 18.3 Å². The summed E-state index contributed by atoms with van der Waals surface area (Å²) in [7, 11) is 0. The number of aliphatic hydroxyl groups excluding tert-OH is 1. The molecule has 1 saturated heterocycles. The third kappa shape index (κ3) is 2.07. The molecule has 1 fully saturated rings. The van der Waals surface area contributed by atoms with Crippen LogP contribution in [0.15, 0.2) is 0 Å². The summed E-state index contributed by atoms with van der Waals surface area (Å²) >= 11 is 3.74. The second-order valence-corrected chi connectivity index (χ2v) is 4.77. The van der Waals surface area contributed by atoms with Crippen LogP contribution in [0.1, 0.15) is 6.92 Å². The minimum atomic E-state index is -0.00208. The van der Waals surface area contributed by atoms with Gasteiger partial charge >= 0.3 is 0 Å². The molecule has 1 heterocycles. The van der Waals surface area contributed by atoms with Crippen molar-refractivity contribution < 1.29 is 9.90 Å². The van der Waals surface area contributed by atoms with Crippen LogP contribution in [-0.2, 0) is 4.79 Å². The first-order valence-corrected chi connectivity index (χ1v) is 5.35. The maximum atomic E-state index is 11.0. The third-order valence-electron chi connectivity index (χ3n) is 1.64. The Morgan fingerprint density at radius 1 is 1.91 bits per heavy atom. The molecule has 2 atom stereocenters. The van der Waals surface area contributed by atoms with Gasteiger partial charge in [0.05, 0.1) is 18.0 Å². The number of ketones is 1. The van der Waals surface area contributed by atoms with E-state index in [0.717, 1.165) is 5.75 Å². The van der Waals surface area contributed by atoms with Crippen molar-refractivity contribution in [3.8, 4) is 0 Å². The Morgan fingerprint density at radius 3 is 2.82 bits per heavy atom. The largest absolute Gasteiger partial charge is 0.394 e. The van der Waals surface area contributed by atoms with Gasteiger partial charge in [-0.3, -0.25) is 4.79 Å². The number of rotatable bonds is 2. The second-order valence-electron chi connectivity index (χ2n) is 2.44. The minimum Gasteiger partial charge on any atom is -0.394 e. The predicted octanol–water partition coefficient (Wildman–Crippen LogP) is 0.661. The standard InChI is InChI=1S/C6H10INO2S/c1-4(10)5-3-11-6(2-9)8(5)7/h5-6,9H,2-3H2,1H3. The molecule has 0 saturated carbocycles. The van der Waals surface area contributed by atoms with Gasteiger partial charge in [-0.25, -0.2) is 3.11 Å². The van der Waals surface area contributed by atoms with Gasteiger partial charge < -0.3 is 5.11 Å². The monoisotopic (exact) mass is 287 g/mol. The molecule has 1 N–H and O–H groups in total. The van der Waals surface area contributed by atoms with Crippen LogP contribution in [0.25, 0.3) is 0 Å². The summed E-state index contributed by atoms with van der Waals surface area (Å²) in [5, 5.41) is 8.96. The molecule has 2 unspecified atom stereocenters. The Balaban J connectivity index is 2.55. The van der Waals surface area contributed by atoms with Crippen LogP contribution in [-0.4, -0.2) is 37.8 Å². The predicted molar refractivity (Wildman–Crippen MR) is 53.7 cm³/mol. The lowest BCUT2D eigenvalue weighted by Gasteiger charge is -2.17. The number of halogens is 1. The normalized spacial score (nSPS) is 32.6. The number of hydrogen-bond acceptors (Lipinski definition) is 4. The number of carbonyl (C=O) groups excluding carboxylic acids is 1. The molecule has 0 spiro atoms. The van der Waals surface area contributed by atoms with Crippen LogP contribution in [0.5, 0.6) is 0 Å². The topological polar surface area (TPSA) is 40.5 Å². The van der Waals surface area contributed by atoms with Crippen molar-refractivity contribution in [2.75, 3.05) is 12.4 Å². The molecule has 1 rings (SSSR count). The smallest absolute Gasteiger partial charge is 0.148 e. The summed E-state index contributed by atoms with van der Waals surface area (Å²) in [5.74, 6) is 0.992. The number of aliphatic hydroxyl groups is 1. The molecule has 64 valence electrons. The average molecular weight is 287 g/mol. The van der Waals surface area contributed by atoms with Crippen molar-refractivity contribution in [1.82, 2.24) is 3.11 Å². The zero-order valence-corrected chi connectivity index (χ0v) is 9.13. The Morgan fingerprint density at radius 2 is 2.55 bits per heavy atom. The number of carbonyl (C=O) groups is 1. The van der Waals surface area contributed by atoms with Crippen molar-refractivity contribution in [3.63, 3.8) is 0 Å². The van der Waals surface area contributed by atoms with E-state index in [-0.39, 0.29) is 23.8 Å². The van der Waals surface area contributed by atoms with E-state index in [1.165, 1.54) is 0 Å². The Kier molecular flexibility index (Phi) is 3.60. The Hall–Kier alpha value is 0.670. The van der Waals surface area contributed by atoms with E-state index in [1.54, 1.807) is 18.7 Å². The van der Waals surface area contributed by atoms with E-state index in [4.69, 9.17) is 5.11 Å². The summed E-state index contributed by atoms with van der Waals surface area (Å²) in [6.07, 6.45) is 0. The summed E-state index contributed by atoms with van der Waals surface area (Å²) < 4.78 is 1.91. The fraction of sp³-hybridized carbons (Fsp3) is 0.833. The summed E-state index contributed by atoms with van der Waals surface area (Å²) in [6, 6.07) is -0.00208. The van der Waals surface area contributed by atoms with Gasteiger partial charge in [-0.2, -0.15) is 0 Å². The quantitative estimate of drug-likeness (QED) is 0.598. The van der Waals surface area contributed by atoms with Crippen LogP contribution in [0.2, 0.25) is 0 Å². The average Bonchev–Trinajstić information content (AvgIpc) is 2.30. The first kappa shape index (κ1) is 9.76. The van der Waals surface area contributed by atoms with Gasteiger partial charge in [-0.1, -0.05) is 0 Å². The zero-order valence-electron chi connectivity index (χ0n) is 6.16. The molecule has 0 aliphatic carbocycles. The molecular formula is C6H10INO2S. The first-order chi connectivity index (χ1) is 5.16. The van der Waals surface area contributed by atoms with E-state index in [1.807, 2.05) is 3.11 Å². The molecule has 0 aromatic heterocycles. The first-order valence-electron chi connectivity index (χ1n) is 3.34. The maximum Gasteiger partial charge on any atom is 0.148 e. The van der Waals surface area contributed by atoms with E-state index < -0.39 is 0 Å². The van der Waals surface area contributed by atoms with Gasteiger partial charge in [0.25, 0.3) is 0 Å². The lowest BCUT2D eigenvalue weighted by Crippen LogP contribution is -2.34. The van der Waals surface area contributed by atoms with E-state index in [2.05, 4.69) is 22.9 Å². The fourth-order valence-corrected chi connectivity index (χ4v) is 3.68. The van der Waals surface area contributed by atoms with Gasteiger partial charge in [0.1, 0.15) is 5.78 Å². The highest BCUT2D eigenvalue weighted by Crippen LogP contribution is 2.31. The molecule has 0 aromatic rings. The summed E-state index contributed by atoms with van der Waals surface area (Å²) in [5.41, 5.74) is 0. The van der Waals surface area contributed by atoms with Crippen LogP contribution in [0, 0.1) is 0 Å². The highest BCUT2D eigenvalue weighted by atomic mass is 127. The van der Waals surface area contributed by atoms with Crippen molar-refractivity contribution in [2.24, 2.45) is 0 Å². The molecule has 1 aliphatic rings. The van der Waals surface area contributed by atoms with E-state index in [0.29, 0.717) is 0 Å². The lowest BCUT2D eigenvalue weighted by molar-refractivity contribution is -0.119. The Labute approximate surface area is 84.0 Å². The van der Waals surface area contributed by atoms with E-state index in [9.17, 15) is 4.79 Å². The maximum absolute atomic E-state index is 11.0. The molecular weight excluding hydrogens is 277 g/mol. The van der Waals surface area contributed by atoms with Crippen molar-refractivity contribution in [3.05, 3.63) is 0 Å². The van der Waals surface area contributed by atoms with Gasteiger partial charge in [-0.05, 0) is 6.92 Å². The highest BCUT2D eigenvalue weighted by Gasteiger charge is 2.34.